The predicted molar refractivity (Wildman–Crippen MR) is 218 cm³/mol. The van der Waals surface area contributed by atoms with Gasteiger partial charge in [0.2, 0.25) is 5.36 Å². The van der Waals surface area contributed by atoms with Crippen molar-refractivity contribution >= 4 is 49.7 Å². The molecule has 5 aliphatic heterocycles. The Kier molecular flexibility index (Phi) is 11.6. The molecule has 5 heterocycles. The van der Waals surface area contributed by atoms with Crippen LogP contribution in [0.3, 0.4) is 0 Å². The average Bonchev–Trinajstić information content (AvgIpc) is 3.21. The summed E-state index contributed by atoms with van der Waals surface area (Å²) < 4.78 is 107. The van der Waals surface area contributed by atoms with Crippen molar-refractivity contribution in [3.63, 3.8) is 0 Å². The van der Waals surface area contributed by atoms with Crippen molar-refractivity contribution in [1.82, 2.24) is 9.48 Å². The number of hydrogen-bond acceptors (Lipinski definition) is 12. The smallest absolute Gasteiger partial charge is 0.257 e. The Bertz CT molecular complexity index is 2880. The molecule has 342 valence electrons. The summed E-state index contributed by atoms with van der Waals surface area (Å²) in [4.78, 5) is 76.5. The molecule has 14 nitrogen and oxygen atoms in total. The molecule has 0 spiro atoms. The second-order valence-corrected chi connectivity index (χ2v) is 20.2. The summed E-state index contributed by atoms with van der Waals surface area (Å²) in [7, 11) is -9.84. The van der Waals surface area contributed by atoms with E-state index in [1.807, 2.05) is 37.2 Å². The first kappa shape index (κ1) is 46.0. The van der Waals surface area contributed by atoms with Crippen LogP contribution >= 0.6 is 15.6 Å². The molecule has 0 saturated carbocycles. The van der Waals surface area contributed by atoms with Gasteiger partial charge < -0.3 is 57.1 Å². The number of rotatable bonds is 12. The van der Waals surface area contributed by atoms with Gasteiger partial charge in [0, 0.05) is 79.9 Å². The van der Waals surface area contributed by atoms with E-state index in [2.05, 4.69) is 0 Å². The average molecular weight is 929 g/mol. The van der Waals surface area contributed by atoms with E-state index in [9.17, 15) is 38.3 Å². The molecule has 1 amide bonds. The number of carbonyl (C=O) groups excluding carboxylic acids is 2. The van der Waals surface area contributed by atoms with Crippen molar-refractivity contribution < 1.29 is 69.6 Å². The molecule has 0 N–H and O–H groups in total. The van der Waals surface area contributed by atoms with Crippen molar-refractivity contribution in [2.24, 2.45) is 0 Å². The van der Waals surface area contributed by atoms with E-state index in [-0.39, 0.29) is 64.2 Å². The number of fused-ring (bicyclic) bond motifs is 4. The van der Waals surface area contributed by atoms with Gasteiger partial charge in [-0.15, -0.1) is 0 Å². The molecule has 8 rings (SSSR count). The van der Waals surface area contributed by atoms with Crippen molar-refractivity contribution in [3.8, 4) is 11.5 Å². The summed E-state index contributed by atoms with van der Waals surface area (Å²) in [5.41, 5.74) is -1.43. The van der Waals surface area contributed by atoms with Crippen LogP contribution < -0.4 is 44.4 Å². The van der Waals surface area contributed by atoms with Gasteiger partial charge in [-0.05, 0) is 75.8 Å². The van der Waals surface area contributed by atoms with Crippen LogP contribution in [0.15, 0.2) is 24.3 Å². The molecule has 0 aliphatic carbocycles. The highest BCUT2D eigenvalue weighted by atomic mass is 31.2. The SMILES string of the molecule is CC(=O)CCCN(C)C(=O)c1c(F)c(F)c(F)c(F)c1C1=c2cc3c4c(c2Oc2c1cc1c5c2CCCN5C(C)(C)C=C1COP(=O)([O-])[O-])CCC[N+]=4C(C)(C)C=C3COP(=O)([O-])[O-]. The van der Waals surface area contributed by atoms with Gasteiger partial charge in [0.05, 0.1) is 56.8 Å². The number of halogens is 4. The zero-order valence-electron chi connectivity index (χ0n) is 35.8. The molecule has 0 aromatic heterocycles. The Hall–Kier alpha value is -4.51. The maximum atomic E-state index is 17.2. The van der Waals surface area contributed by atoms with Crippen molar-refractivity contribution in [2.45, 2.75) is 84.2 Å². The van der Waals surface area contributed by atoms with Gasteiger partial charge in [0.15, 0.2) is 28.8 Å². The van der Waals surface area contributed by atoms with Gasteiger partial charge in [-0.1, -0.05) is 6.08 Å². The number of anilines is 1. The molecule has 0 bridgehead atoms. The highest BCUT2D eigenvalue weighted by Crippen LogP contribution is 2.53. The Morgan fingerprint density at radius 1 is 0.844 bits per heavy atom. The molecule has 0 atom stereocenters. The fourth-order valence-electron chi connectivity index (χ4n) is 9.94. The van der Waals surface area contributed by atoms with Crippen LogP contribution in [-0.4, -0.2) is 67.6 Å². The molecule has 5 aliphatic rings. The number of carbonyl (C=O) groups is 2. The molecule has 3 aromatic carbocycles. The second kappa shape index (κ2) is 16.1. The highest BCUT2D eigenvalue weighted by Gasteiger charge is 2.44. The minimum absolute atomic E-state index is 0.0272. The van der Waals surface area contributed by atoms with E-state index in [1.165, 1.54) is 26.1 Å². The van der Waals surface area contributed by atoms with E-state index in [0.29, 0.717) is 72.1 Å². The molecule has 0 radical (unpaired) electrons. The van der Waals surface area contributed by atoms with Gasteiger partial charge >= 0.3 is 0 Å². The summed E-state index contributed by atoms with van der Waals surface area (Å²) in [5, 5.41) is 0.528. The maximum absolute atomic E-state index is 17.2. The summed E-state index contributed by atoms with van der Waals surface area (Å²) in [6, 6.07) is 2.93. The van der Waals surface area contributed by atoms with Crippen LogP contribution in [-0.2, 0) is 35.8 Å². The van der Waals surface area contributed by atoms with Crippen molar-refractivity contribution in [1.29, 1.82) is 0 Å². The third-order valence-corrected chi connectivity index (χ3v) is 13.5. The molecule has 64 heavy (non-hydrogen) atoms. The largest absolute Gasteiger partial charge is 0.790 e. The minimum Gasteiger partial charge on any atom is -0.790 e. The Balaban J connectivity index is 1.54. The fraction of sp³-hybridized carbons (Fsp3) is 0.432. The third kappa shape index (κ3) is 7.99. The molecule has 3 aromatic rings. The Labute approximate surface area is 365 Å². The van der Waals surface area contributed by atoms with Crippen LogP contribution in [0.1, 0.15) is 104 Å². The highest BCUT2D eigenvalue weighted by molar-refractivity contribution is 7.43. The maximum Gasteiger partial charge on any atom is 0.257 e. The molecular formula is C44H44F4N3O11P2-3. The molecule has 0 saturated heterocycles. The fourth-order valence-corrected chi connectivity index (χ4v) is 10.5. The van der Waals surface area contributed by atoms with Gasteiger partial charge in [0.25, 0.3) is 5.91 Å². The zero-order valence-corrected chi connectivity index (χ0v) is 37.6. The monoisotopic (exact) mass is 928 g/mol. The number of phosphoric acid groups is 2. The number of benzene rings is 3. The van der Waals surface area contributed by atoms with Crippen LogP contribution in [0.2, 0.25) is 0 Å². The number of ketones is 1. The molecule has 0 unspecified atom stereocenters. The van der Waals surface area contributed by atoms with Crippen LogP contribution in [0.25, 0.3) is 16.7 Å². The molecule has 20 heteroatoms. The second-order valence-electron chi connectivity index (χ2n) is 17.9. The lowest BCUT2D eigenvalue weighted by Crippen LogP contribution is -2.53. The van der Waals surface area contributed by atoms with Gasteiger partial charge in [-0.2, -0.15) is 0 Å². The minimum atomic E-state index is -5.54. The van der Waals surface area contributed by atoms with E-state index in [4.69, 9.17) is 13.8 Å². The summed E-state index contributed by atoms with van der Waals surface area (Å²) in [5.74, 6) is -9.63. The van der Waals surface area contributed by atoms with Crippen LogP contribution in [0.5, 0.6) is 11.5 Å². The topological polar surface area (TPSA) is 198 Å². The predicted octanol–water partition coefficient (Wildman–Crippen LogP) is 3.27. The van der Waals surface area contributed by atoms with E-state index < -0.39 is 80.2 Å². The first-order valence-corrected chi connectivity index (χ1v) is 23.6. The number of ether oxygens (including phenoxy) is 1. The number of phosphoric ester groups is 2. The number of hydrogen-bond donors (Lipinski definition) is 0. The molecule has 0 fully saturated rings. The summed E-state index contributed by atoms with van der Waals surface area (Å²) in [6.45, 7) is 8.25. The van der Waals surface area contributed by atoms with E-state index in [0.717, 1.165) is 4.90 Å². The number of nitrogens with zero attached hydrogens (tertiary/aromatic N) is 3. The standard InChI is InChI=1S/C44H47F4N3O11P2/c1-22(52)10-7-13-49(6)42(53)33-32(34(45)36(47)37(48)35(33)46)31-29-16-27-23(20-60-63(54,55)56)18-43(2,3)50-14-8-11-25(38(27)50)40(29)62-41-26-12-9-15-51-39(26)28(17-30(31)41)24(19-44(51,4)5)21-61-64(57,58)59/h16-19H,7-15,20-21H2,1-6H3,(H3-,54,55,56,57,58,59)/p-3. The quantitative estimate of drug-likeness (QED) is 0.0662. The van der Waals surface area contributed by atoms with Crippen molar-refractivity contribution in [2.75, 3.05) is 44.8 Å². The van der Waals surface area contributed by atoms with E-state index >= 15 is 17.6 Å². The van der Waals surface area contributed by atoms with Gasteiger partial charge in [0.1, 0.15) is 23.8 Å². The Morgan fingerprint density at radius 3 is 2.11 bits per heavy atom. The van der Waals surface area contributed by atoms with Crippen molar-refractivity contribution in [3.05, 3.63) is 97.1 Å². The normalized spacial score (nSPS) is 18.0. The van der Waals surface area contributed by atoms with Crippen LogP contribution in [0, 0.1) is 23.3 Å². The van der Waals surface area contributed by atoms with E-state index in [1.54, 1.807) is 12.2 Å². The third-order valence-electron chi connectivity index (χ3n) is 12.6. The van der Waals surface area contributed by atoms with Gasteiger partial charge in [-0.3, -0.25) is 4.79 Å². The first-order chi connectivity index (χ1) is 29.8. The zero-order chi connectivity index (χ0) is 46.6. The first-order valence-electron chi connectivity index (χ1n) is 20.7. The van der Waals surface area contributed by atoms with Crippen LogP contribution in [0.4, 0.5) is 23.2 Å². The number of Topliss-reactive ketones (excluding diaryl/α,β-unsaturated/α-hetero) is 1. The lowest BCUT2D eigenvalue weighted by molar-refractivity contribution is -0.342. The lowest BCUT2D eigenvalue weighted by Gasteiger charge is -2.48. The summed E-state index contributed by atoms with van der Waals surface area (Å²) in [6.07, 6.45) is 5.28. The molecular weight excluding hydrogens is 884 g/mol. The lowest BCUT2D eigenvalue weighted by atomic mass is 9.78. The van der Waals surface area contributed by atoms with Gasteiger partial charge in [-0.25, -0.2) is 22.1 Å². The number of amides is 1. The Morgan fingerprint density at radius 2 is 1.47 bits per heavy atom. The summed E-state index contributed by atoms with van der Waals surface area (Å²) >= 11 is 0.